The largest absolute Gasteiger partial charge is 0.477 e. The molecule has 3 rings (SSSR count). The highest BCUT2D eigenvalue weighted by Gasteiger charge is 2.57. The number of aliphatic carboxylic acids is 1. The number of hydrogen-bond donors (Lipinski definition) is 13. The third-order valence-electron chi connectivity index (χ3n) is 7.47. The van der Waals surface area contributed by atoms with Gasteiger partial charge in [-0.3, -0.25) is 4.79 Å². The Balaban J connectivity index is 1.82. The van der Waals surface area contributed by atoms with Gasteiger partial charge in [-0.1, -0.05) is 0 Å². The van der Waals surface area contributed by atoms with E-state index >= 15 is 0 Å². The number of aliphatic hydroxyl groups is 11. The van der Waals surface area contributed by atoms with E-state index in [4.69, 9.17) is 23.7 Å². The van der Waals surface area contributed by atoms with Gasteiger partial charge in [-0.2, -0.15) is 0 Å². The molecule has 3 saturated heterocycles. The van der Waals surface area contributed by atoms with Crippen molar-refractivity contribution in [1.29, 1.82) is 0 Å². The van der Waals surface area contributed by atoms with Gasteiger partial charge in [0, 0.05) is 13.3 Å². The van der Waals surface area contributed by atoms with E-state index < -0.39 is 136 Å². The number of rotatable bonds is 11. The van der Waals surface area contributed by atoms with E-state index in [1.807, 2.05) is 0 Å². The van der Waals surface area contributed by atoms with Crippen molar-refractivity contribution < 1.29 is 94.6 Å². The van der Waals surface area contributed by atoms with Crippen molar-refractivity contribution in [1.82, 2.24) is 5.32 Å². The van der Waals surface area contributed by atoms with Crippen LogP contribution < -0.4 is 5.32 Å². The summed E-state index contributed by atoms with van der Waals surface area (Å²) < 4.78 is 26.7. The van der Waals surface area contributed by atoms with Gasteiger partial charge >= 0.3 is 5.97 Å². The van der Waals surface area contributed by atoms with Crippen molar-refractivity contribution in [3.63, 3.8) is 0 Å². The average Bonchev–Trinajstić information content (AvgIpc) is 2.96. The number of hydrogen-bond acceptors (Lipinski definition) is 18. The lowest BCUT2D eigenvalue weighted by molar-refractivity contribution is -0.364. The third kappa shape index (κ3) is 7.58. The molecular weight excluding hydrogens is 594 g/mol. The number of aliphatic hydroxyl groups excluding tert-OH is 11. The van der Waals surface area contributed by atoms with Gasteiger partial charge in [0.2, 0.25) is 5.91 Å². The average molecular weight is 634 g/mol. The molecule has 3 fully saturated rings. The van der Waals surface area contributed by atoms with Gasteiger partial charge in [0.15, 0.2) is 12.6 Å². The summed E-state index contributed by atoms with van der Waals surface area (Å²) in [5.41, 5.74) is 0. The smallest absolute Gasteiger partial charge is 0.364 e. The lowest BCUT2D eigenvalue weighted by Gasteiger charge is -2.48. The number of amides is 1. The molecule has 0 aromatic carbocycles. The molecule has 13 N–H and O–H groups in total. The maximum absolute atomic E-state index is 12.3. The third-order valence-corrected chi connectivity index (χ3v) is 7.47. The lowest BCUT2D eigenvalue weighted by atomic mass is 9.88. The second-order valence-electron chi connectivity index (χ2n) is 10.5. The topological polar surface area (TPSA) is 335 Å². The first-order valence-electron chi connectivity index (χ1n) is 13.2. The summed E-state index contributed by atoms with van der Waals surface area (Å²) >= 11 is 0. The minimum atomic E-state index is -2.83. The second-order valence-corrected chi connectivity index (χ2v) is 10.5. The Kier molecular flexibility index (Phi) is 12.1. The van der Waals surface area contributed by atoms with Crippen molar-refractivity contribution in [2.75, 3.05) is 19.8 Å². The van der Waals surface area contributed by atoms with Crippen molar-refractivity contribution in [2.45, 2.75) is 111 Å². The molecule has 43 heavy (non-hydrogen) atoms. The van der Waals surface area contributed by atoms with Crippen LogP contribution in [0.4, 0.5) is 0 Å². The summed E-state index contributed by atoms with van der Waals surface area (Å²) in [7, 11) is 0. The van der Waals surface area contributed by atoms with Crippen molar-refractivity contribution in [3.8, 4) is 0 Å². The summed E-state index contributed by atoms with van der Waals surface area (Å²) in [5, 5.41) is 123. The van der Waals surface area contributed by atoms with Gasteiger partial charge in [-0.15, -0.1) is 0 Å². The van der Waals surface area contributed by atoms with Crippen LogP contribution in [0.25, 0.3) is 0 Å². The number of carboxylic acids is 1. The summed E-state index contributed by atoms with van der Waals surface area (Å²) in [6, 6.07) is -1.48. The van der Waals surface area contributed by atoms with Gasteiger partial charge < -0.3 is 90.3 Å². The first-order valence-corrected chi connectivity index (χ1v) is 13.2. The van der Waals surface area contributed by atoms with Crippen LogP contribution in [0.15, 0.2) is 0 Å². The van der Waals surface area contributed by atoms with Crippen LogP contribution in [0.3, 0.4) is 0 Å². The minimum absolute atomic E-state index is 0.719. The Morgan fingerprint density at radius 2 is 1.58 bits per heavy atom. The number of carbonyl (C=O) groups excluding carboxylic acids is 1. The first kappa shape index (κ1) is 35.8. The second kappa shape index (κ2) is 14.6. The molecule has 0 bridgehead atoms. The Morgan fingerprint density at radius 3 is 2.14 bits per heavy atom. The first-order chi connectivity index (χ1) is 20.1. The SMILES string of the molecule is CC(=O)N[C@H]1[C@H]([C@H](O)[C@H](O)CO)O[C@@](OC[C@H]2O[C@@H](O[C@H]3[C@H](O)[C@@H](O)C(O)O[C@@H]3CO)[C@H](O)[C@@H](O)[C@H]2O)(C(=O)O)C[C@@H]1O. The zero-order valence-corrected chi connectivity index (χ0v) is 22.7. The van der Waals surface area contributed by atoms with Crippen LogP contribution >= 0.6 is 0 Å². The number of nitrogens with one attached hydrogen (secondary N) is 1. The highest BCUT2D eigenvalue weighted by Crippen LogP contribution is 2.35. The highest BCUT2D eigenvalue weighted by molar-refractivity contribution is 5.76. The van der Waals surface area contributed by atoms with E-state index in [0.717, 1.165) is 6.92 Å². The van der Waals surface area contributed by atoms with E-state index in [9.17, 15) is 70.9 Å². The summed E-state index contributed by atoms with van der Waals surface area (Å²) in [6.07, 6.45) is -27.0. The van der Waals surface area contributed by atoms with Gasteiger partial charge in [0.1, 0.15) is 67.1 Å². The van der Waals surface area contributed by atoms with Crippen LogP contribution in [-0.4, -0.2) is 191 Å². The number of carboxylic acid groups (broad SMARTS) is 1. The summed E-state index contributed by atoms with van der Waals surface area (Å²) in [5.74, 6) is -5.42. The lowest BCUT2D eigenvalue weighted by Crippen LogP contribution is -2.68. The molecule has 3 aliphatic rings. The van der Waals surface area contributed by atoms with Crippen LogP contribution in [0, 0.1) is 0 Å². The fraction of sp³-hybridized carbons (Fsp3) is 0.913. The molecular formula is C23H39NO19. The fourth-order valence-electron chi connectivity index (χ4n) is 5.05. The predicted octanol–water partition coefficient (Wildman–Crippen LogP) is -8.22. The summed E-state index contributed by atoms with van der Waals surface area (Å²) in [6.45, 7) is -1.76. The fourth-order valence-corrected chi connectivity index (χ4v) is 5.05. The molecule has 0 radical (unpaired) electrons. The molecule has 0 aromatic heterocycles. The zero-order chi connectivity index (χ0) is 32.4. The van der Waals surface area contributed by atoms with Gasteiger partial charge in [-0.25, -0.2) is 4.79 Å². The van der Waals surface area contributed by atoms with E-state index in [1.165, 1.54) is 0 Å². The Labute approximate surface area is 243 Å². The van der Waals surface area contributed by atoms with E-state index in [0.29, 0.717) is 0 Å². The Morgan fingerprint density at radius 1 is 0.930 bits per heavy atom. The molecule has 0 saturated carbocycles. The van der Waals surface area contributed by atoms with Crippen molar-refractivity contribution in [3.05, 3.63) is 0 Å². The molecule has 0 spiro atoms. The monoisotopic (exact) mass is 633 g/mol. The molecule has 1 amide bonds. The minimum Gasteiger partial charge on any atom is -0.477 e. The molecule has 3 heterocycles. The van der Waals surface area contributed by atoms with Crippen molar-refractivity contribution in [2.24, 2.45) is 0 Å². The molecule has 20 nitrogen and oxygen atoms in total. The zero-order valence-electron chi connectivity index (χ0n) is 22.7. The molecule has 3 aliphatic heterocycles. The standard InChI is InChI=1S/C23H39NO19/c1-6(27)24-11-7(28)2-23(22(37)38,43-19(11)12(30)8(29)3-25)39-5-10-13(31)14(32)17(35)21(41-10)42-18-9(4-26)40-20(36)16(34)15(18)33/h7-21,25-26,28-36H,2-5H2,1H3,(H,24,27)(H,37,38)/t7-,8+,9+,10+,11+,12+,13-,14-,15+,16+,17+,18+,19+,20?,21-,23+/m0/s1. The van der Waals surface area contributed by atoms with Gasteiger partial charge in [0.25, 0.3) is 5.79 Å². The predicted molar refractivity (Wildman–Crippen MR) is 130 cm³/mol. The summed E-state index contributed by atoms with van der Waals surface area (Å²) in [4.78, 5) is 24.0. The molecule has 16 atom stereocenters. The van der Waals surface area contributed by atoms with Crippen LogP contribution in [0.1, 0.15) is 13.3 Å². The van der Waals surface area contributed by atoms with E-state index in [2.05, 4.69) is 5.32 Å². The highest BCUT2D eigenvalue weighted by atomic mass is 16.8. The van der Waals surface area contributed by atoms with E-state index in [1.54, 1.807) is 0 Å². The number of ether oxygens (including phenoxy) is 5. The maximum Gasteiger partial charge on any atom is 0.364 e. The van der Waals surface area contributed by atoms with Crippen LogP contribution in [0.2, 0.25) is 0 Å². The van der Waals surface area contributed by atoms with Crippen LogP contribution in [-0.2, 0) is 33.3 Å². The Hall–Kier alpha value is -1.70. The molecule has 250 valence electrons. The van der Waals surface area contributed by atoms with Gasteiger partial charge in [-0.05, 0) is 0 Å². The maximum atomic E-state index is 12.3. The molecule has 0 aromatic rings. The molecule has 1 unspecified atom stereocenters. The molecule has 20 heteroatoms. The normalized spacial score (nSPS) is 45.3. The van der Waals surface area contributed by atoms with Crippen molar-refractivity contribution >= 4 is 11.9 Å². The number of carbonyl (C=O) groups is 2. The molecule has 0 aliphatic carbocycles. The van der Waals surface area contributed by atoms with E-state index in [-0.39, 0.29) is 0 Å². The van der Waals surface area contributed by atoms with Gasteiger partial charge in [0.05, 0.1) is 32.0 Å². The van der Waals surface area contributed by atoms with Crippen LogP contribution in [0.5, 0.6) is 0 Å². The quantitative estimate of drug-likeness (QED) is 0.100. The Bertz CT molecular complexity index is 942.